The number of nitrogens with two attached hydrogens (primary N) is 1. The van der Waals surface area contributed by atoms with E-state index >= 15 is 0 Å². The van der Waals surface area contributed by atoms with Crippen molar-refractivity contribution in [2.45, 2.75) is 86.8 Å². The smallest absolute Gasteiger partial charge is 0.327 e. The van der Waals surface area contributed by atoms with Crippen LogP contribution in [0.1, 0.15) is 51.4 Å². The summed E-state index contributed by atoms with van der Waals surface area (Å²) in [6, 6.07) is -8.91. The molecule has 0 aliphatic carbocycles. The molecule has 6 atom stereocenters. The van der Waals surface area contributed by atoms with E-state index in [0.717, 1.165) is 16.7 Å². The summed E-state index contributed by atoms with van der Waals surface area (Å²) in [5.41, 5.74) is 5.75. The van der Waals surface area contributed by atoms with Gasteiger partial charge in [0.15, 0.2) is 0 Å². The molecular weight excluding hydrogens is 766 g/mol. The zero-order valence-electron chi connectivity index (χ0n) is 28.6. The maximum absolute atomic E-state index is 12.8. The number of unbranched alkanes of at least 4 members (excludes halogenated alkanes) is 2. The molecule has 25 heteroatoms. The Morgan fingerprint density at radius 3 is 1.91 bits per heavy atom. The van der Waals surface area contributed by atoms with Crippen molar-refractivity contribution < 1.29 is 78.3 Å². The number of carbonyl (C=O) groups excluding carboxylic acids is 6. The number of carboxylic acid groups (broad SMARTS) is 5. The number of rotatable bonds is 26. The number of thioether (sulfide) groups is 1. The van der Waals surface area contributed by atoms with Crippen molar-refractivity contribution in [1.29, 1.82) is 0 Å². The number of thiol groups is 1. The van der Waals surface area contributed by atoms with Crippen LogP contribution in [0.25, 0.3) is 0 Å². The zero-order valence-corrected chi connectivity index (χ0v) is 30.3. The fourth-order valence-corrected chi connectivity index (χ4v) is 5.97. The Morgan fingerprint density at radius 2 is 1.35 bits per heavy atom. The largest absolute Gasteiger partial charge is 0.481 e. The highest BCUT2D eigenvalue weighted by molar-refractivity contribution is 8.00. The molecule has 0 aromatic rings. The van der Waals surface area contributed by atoms with E-state index in [9.17, 15) is 57.8 Å². The lowest BCUT2D eigenvalue weighted by atomic mass is 10.1. The van der Waals surface area contributed by atoms with Crippen LogP contribution in [0.3, 0.4) is 0 Å². The molecule has 0 saturated carbocycles. The average molecular weight is 810 g/mol. The molecule has 0 radical (unpaired) electrons. The Balaban J connectivity index is 2.50. The molecule has 7 amide bonds. The van der Waals surface area contributed by atoms with E-state index in [1.807, 2.05) is 5.32 Å². The molecule has 0 bridgehead atoms. The number of carboxylic acids is 5. The van der Waals surface area contributed by atoms with E-state index in [0.29, 0.717) is 19.3 Å². The van der Waals surface area contributed by atoms with Crippen molar-refractivity contribution >= 4 is 89.8 Å². The fraction of sp³-hybridized carbons (Fsp3) is 0.621. The number of carbonyl (C=O) groups is 11. The van der Waals surface area contributed by atoms with Crippen LogP contribution in [0.5, 0.6) is 0 Å². The van der Waals surface area contributed by atoms with E-state index in [1.54, 1.807) is 0 Å². The van der Waals surface area contributed by atoms with Gasteiger partial charge in [0.1, 0.15) is 30.2 Å². The van der Waals surface area contributed by atoms with Crippen molar-refractivity contribution in [3.63, 3.8) is 0 Å². The van der Waals surface area contributed by atoms with Gasteiger partial charge in [-0.25, -0.2) is 19.2 Å². The van der Waals surface area contributed by atoms with Crippen molar-refractivity contribution in [3.05, 3.63) is 0 Å². The molecule has 1 rings (SSSR count). The topological polar surface area (TPSA) is 378 Å². The molecule has 302 valence electrons. The first-order valence-electron chi connectivity index (χ1n) is 16.2. The lowest BCUT2D eigenvalue weighted by Crippen LogP contribution is -2.57. The summed E-state index contributed by atoms with van der Waals surface area (Å²) < 4.78 is 0. The minimum atomic E-state index is -1.67. The first kappa shape index (κ1) is 46.9. The molecule has 1 aliphatic heterocycles. The summed E-state index contributed by atoms with van der Waals surface area (Å²) in [6.07, 6.45) is -1.21. The molecule has 0 aromatic carbocycles. The van der Waals surface area contributed by atoms with Crippen molar-refractivity contribution in [1.82, 2.24) is 31.5 Å². The molecule has 12 N–H and O–H groups in total. The van der Waals surface area contributed by atoms with Crippen LogP contribution < -0.4 is 32.3 Å². The molecule has 0 spiro atoms. The molecule has 1 heterocycles. The predicted molar refractivity (Wildman–Crippen MR) is 186 cm³/mol. The number of nitrogens with one attached hydrogen (secondary N) is 5. The summed E-state index contributed by atoms with van der Waals surface area (Å²) in [4.78, 5) is 132. The summed E-state index contributed by atoms with van der Waals surface area (Å²) in [6.45, 7) is -0.390. The summed E-state index contributed by atoms with van der Waals surface area (Å²) >= 11 is 4.58. The van der Waals surface area contributed by atoms with Crippen LogP contribution in [0.2, 0.25) is 0 Å². The quantitative estimate of drug-likeness (QED) is 0.0228. The third-order valence-corrected chi connectivity index (χ3v) is 9.13. The van der Waals surface area contributed by atoms with Gasteiger partial charge in [-0.15, -0.1) is 11.8 Å². The number of hydrogen-bond acceptors (Lipinski definition) is 14. The van der Waals surface area contributed by atoms with Crippen LogP contribution in [0.15, 0.2) is 0 Å². The normalized spacial score (nSPS) is 16.6. The van der Waals surface area contributed by atoms with Crippen molar-refractivity contribution in [2.24, 2.45) is 5.73 Å². The summed E-state index contributed by atoms with van der Waals surface area (Å²) in [7, 11) is 0. The molecule has 1 fully saturated rings. The summed E-state index contributed by atoms with van der Waals surface area (Å²) in [5, 5.41) is 55.2. The second-order valence-corrected chi connectivity index (χ2v) is 13.3. The van der Waals surface area contributed by atoms with Crippen LogP contribution >= 0.6 is 24.4 Å². The predicted octanol–water partition coefficient (Wildman–Crippen LogP) is -3.62. The highest BCUT2D eigenvalue weighted by Crippen LogP contribution is 2.26. The maximum Gasteiger partial charge on any atom is 0.327 e. The van der Waals surface area contributed by atoms with Gasteiger partial charge in [0.25, 0.3) is 0 Å². The number of hydrogen-bond donors (Lipinski definition) is 12. The maximum atomic E-state index is 12.8. The van der Waals surface area contributed by atoms with Crippen molar-refractivity contribution in [2.75, 3.05) is 24.6 Å². The lowest BCUT2D eigenvalue weighted by molar-refractivity contribution is -0.143. The van der Waals surface area contributed by atoms with Gasteiger partial charge in [0.2, 0.25) is 29.5 Å². The van der Waals surface area contributed by atoms with Gasteiger partial charge >= 0.3 is 35.9 Å². The van der Waals surface area contributed by atoms with E-state index in [-0.39, 0.29) is 30.9 Å². The molecular formula is C29H43N7O16S2. The van der Waals surface area contributed by atoms with E-state index in [2.05, 4.69) is 33.9 Å². The third-order valence-electron chi connectivity index (χ3n) is 7.47. The standard InChI is InChI=1S/C29H43N7O16S2/c30-13(23(43)32-15(8-22(41)42)24(44)33-16(11-53)27(48)49)10-31-19(37)4-2-1-3-7-36-20(38)9-18(25(36)45)54-12-17(28(50)51)35-29(52)34-14(26(46)47)5-6-21(39)40/h13-18,53H,1-12,30H2,(H,31,37)(H,32,43)(H,33,44)(H,39,40)(H,41,42)(H,46,47)(H,48,49)(H,50,51)(H2,34,35,52)/t13-,14?,15-,16-,17?,18?/m0/s1. The monoisotopic (exact) mass is 809 g/mol. The molecule has 23 nitrogen and oxygen atoms in total. The Bertz CT molecular complexity index is 1450. The van der Waals surface area contributed by atoms with E-state index in [4.69, 9.17) is 26.2 Å². The number of urea groups is 1. The summed E-state index contributed by atoms with van der Waals surface area (Å²) in [5.74, 6) is -11.6. The highest BCUT2D eigenvalue weighted by atomic mass is 32.2. The Labute approximate surface area is 316 Å². The van der Waals surface area contributed by atoms with Gasteiger partial charge < -0.3 is 57.9 Å². The molecule has 3 unspecified atom stereocenters. The van der Waals surface area contributed by atoms with Gasteiger partial charge in [-0.2, -0.15) is 12.6 Å². The molecule has 54 heavy (non-hydrogen) atoms. The first-order valence-corrected chi connectivity index (χ1v) is 17.8. The van der Waals surface area contributed by atoms with Crippen LogP contribution in [-0.2, 0) is 47.9 Å². The average Bonchev–Trinajstić information content (AvgIpc) is 3.35. The number of imide groups is 1. The number of amides is 7. The fourth-order valence-electron chi connectivity index (χ4n) is 4.55. The van der Waals surface area contributed by atoms with Crippen LogP contribution in [0, 0.1) is 0 Å². The van der Waals surface area contributed by atoms with Gasteiger partial charge in [0.05, 0.1) is 11.7 Å². The Morgan fingerprint density at radius 1 is 0.759 bits per heavy atom. The Hall–Kier alpha value is -5.17. The minimum Gasteiger partial charge on any atom is -0.481 e. The number of likely N-dealkylation sites (tertiary alicyclic amines) is 1. The van der Waals surface area contributed by atoms with E-state index in [1.165, 1.54) is 0 Å². The molecule has 1 aliphatic rings. The highest BCUT2D eigenvalue weighted by Gasteiger charge is 2.39. The zero-order chi connectivity index (χ0) is 41.1. The lowest BCUT2D eigenvalue weighted by Gasteiger charge is -2.21. The Kier molecular flexibility index (Phi) is 20.4. The number of aliphatic carboxylic acids is 5. The van der Waals surface area contributed by atoms with E-state index < -0.39 is 127 Å². The molecule has 0 aromatic heterocycles. The van der Waals surface area contributed by atoms with Crippen LogP contribution in [-0.4, -0.2) is 156 Å². The minimum absolute atomic E-state index is 0.00359. The van der Waals surface area contributed by atoms with Gasteiger partial charge in [0, 0.05) is 43.9 Å². The number of nitrogens with zero attached hydrogens (tertiary/aromatic N) is 1. The second kappa shape index (κ2) is 23.5. The van der Waals surface area contributed by atoms with Crippen molar-refractivity contribution in [3.8, 4) is 0 Å². The van der Waals surface area contributed by atoms with Crippen LogP contribution in [0.4, 0.5) is 4.79 Å². The van der Waals surface area contributed by atoms with Gasteiger partial charge in [-0.05, 0) is 19.3 Å². The molecule has 1 saturated heterocycles. The van der Waals surface area contributed by atoms with Gasteiger partial charge in [-0.1, -0.05) is 6.42 Å². The third kappa shape index (κ3) is 17.1. The second-order valence-electron chi connectivity index (χ2n) is 11.7. The SMILES string of the molecule is N[C@@H](CNC(=O)CCCCCN1C(=O)CC(SCC(NC(=O)NC(CCC(=O)O)C(=O)O)C(=O)O)C1=O)C(=O)N[C@@H](CC(=O)O)C(=O)N[C@@H](CS)C(=O)O. The first-order chi connectivity index (χ1) is 25.3. The van der Waals surface area contributed by atoms with Gasteiger partial charge in [-0.3, -0.25) is 38.5 Å².